The largest absolute Gasteiger partial charge is 0.490 e. The van der Waals surface area contributed by atoms with Crippen molar-refractivity contribution >= 4 is 23.6 Å². The van der Waals surface area contributed by atoms with Gasteiger partial charge in [0.2, 0.25) is 0 Å². The number of alkyl halides is 9. The Bertz CT molecular complexity index is 1190. The fourth-order valence-corrected chi connectivity index (χ4v) is 4.37. The Morgan fingerprint density at radius 2 is 1.24 bits per heavy atom. The number of benzene rings is 1. The number of carboxylic acids is 3. The molecule has 2 aliphatic heterocycles. The van der Waals surface area contributed by atoms with E-state index < -0.39 is 36.4 Å². The van der Waals surface area contributed by atoms with E-state index in [0.717, 1.165) is 32.7 Å². The van der Waals surface area contributed by atoms with Crippen molar-refractivity contribution in [2.75, 3.05) is 37.7 Å². The van der Waals surface area contributed by atoms with E-state index in [1.807, 2.05) is 18.5 Å². The fraction of sp³-hybridized carbons (Fsp3) is 0.462. The number of aliphatic carboxylic acids is 3. The van der Waals surface area contributed by atoms with Gasteiger partial charge in [-0.2, -0.15) is 39.5 Å². The van der Waals surface area contributed by atoms with E-state index in [1.54, 1.807) is 0 Å². The van der Waals surface area contributed by atoms with Crippen molar-refractivity contribution in [1.82, 2.24) is 9.88 Å². The highest BCUT2D eigenvalue weighted by molar-refractivity contribution is 5.73. The van der Waals surface area contributed by atoms with E-state index in [4.69, 9.17) is 29.7 Å². The summed E-state index contributed by atoms with van der Waals surface area (Å²) in [5.41, 5.74) is 4.37. The molecule has 1 spiro atoms. The average Bonchev–Trinajstić information content (AvgIpc) is 3.23. The molecule has 2 aliphatic rings. The van der Waals surface area contributed by atoms with Crippen LogP contribution in [0.4, 0.5) is 45.2 Å². The number of carboxylic acid groups (broad SMARTS) is 3. The van der Waals surface area contributed by atoms with Crippen LogP contribution in [0.2, 0.25) is 0 Å². The number of hydrogen-bond donors (Lipinski definition) is 4. The molecule has 0 aliphatic carbocycles. The molecule has 0 unspecified atom stereocenters. The minimum atomic E-state index is -5.08. The minimum Gasteiger partial charge on any atom is -0.475 e. The summed E-state index contributed by atoms with van der Waals surface area (Å²) < 4.78 is 95.2. The Morgan fingerprint density at radius 3 is 1.64 bits per heavy atom. The predicted octanol–water partition coefficient (Wildman–Crippen LogP) is 4.33. The van der Waals surface area contributed by atoms with Crippen LogP contribution in [0.15, 0.2) is 48.8 Å². The highest BCUT2D eigenvalue weighted by Crippen LogP contribution is 2.46. The first-order valence-corrected chi connectivity index (χ1v) is 12.6. The molecule has 19 heteroatoms. The van der Waals surface area contributed by atoms with Crippen LogP contribution in [-0.2, 0) is 26.3 Å². The number of piperidine rings is 1. The smallest absolute Gasteiger partial charge is 0.475 e. The van der Waals surface area contributed by atoms with Crippen molar-refractivity contribution in [3.05, 3.63) is 59.9 Å². The van der Waals surface area contributed by atoms with Gasteiger partial charge in [-0.3, -0.25) is 9.88 Å². The number of carbonyl (C=O) groups is 3. The summed E-state index contributed by atoms with van der Waals surface area (Å²) in [6.45, 7) is 5.24. The Balaban J connectivity index is 0.000000396. The second-order valence-electron chi connectivity index (χ2n) is 9.49. The second-order valence-corrected chi connectivity index (χ2v) is 9.49. The molecule has 2 aromatic rings. The number of aliphatic hydroxyl groups is 1. The van der Waals surface area contributed by atoms with Gasteiger partial charge >= 0.3 is 36.4 Å². The van der Waals surface area contributed by atoms with Crippen molar-refractivity contribution in [3.63, 3.8) is 0 Å². The zero-order valence-corrected chi connectivity index (χ0v) is 23.0. The SMILES string of the molecule is O=C(O)C(F)(F)F.O=C(O)C(F)(F)F.O=C(O)C(F)(F)F.OCCN1CC2(CCN(Cc3cccnc3)CC2)c2ccccc21. The van der Waals surface area contributed by atoms with Gasteiger partial charge in [0.15, 0.2) is 0 Å². The summed E-state index contributed by atoms with van der Waals surface area (Å²) in [7, 11) is 0. The first-order chi connectivity index (χ1) is 20.6. The van der Waals surface area contributed by atoms with Crippen LogP contribution >= 0.6 is 0 Å². The summed E-state index contributed by atoms with van der Waals surface area (Å²) in [6, 6.07) is 12.9. The van der Waals surface area contributed by atoms with Crippen LogP contribution in [0.5, 0.6) is 0 Å². The lowest BCUT2D eigenvalue weighted by Crippen LogP contribution is -2.45. The predicted molar refractivity (Wildman–Crippen MR) is 137 cm³/mol. The topological polar surface area (TPSA) is 152 Å². The summed E-state index contributed by atoms with van der Waals surface area (Å²) in [5.74, 6) is -8.27. The third kappa shape index (κ3) is 12.8. The maximum Gasteiger partial charge on any atom is 0.490 e. The number of hydrogen-bond acceptors (Lipinski definition) is 7. The number of rotatable bonds is 4. The molecule has 0 radical (unpaired) electrons. The molecule has 45 heavy (non-hydrogen) atoms. The van der Waals surface area contributed by atoms with E-state index in [1.165, 1.54) is 29.7 Å². The number of fused-ring (bicyclic) bond motifs is 2. The zero-order valence-electron chi connectivity index (χ0n) is 23.0. The van der Waals surface area contributed by atoms with E-state index >= 15 is 0 Å². The van der Waals surface area contributed by atoms with Crippen LogP contribution in [0.25, 0.3) is 0 Å². The van der Waals surface area contributed by atoms with Crippen LogP contribution in [0, 0.1) is 0 Å². The standard InChI is InChI=1S/C20H25N3O.3C2HF3O2/c24-13-12-23-16-20(18-5-1-2-6-19(18)23)7-10-22(11-8-20)15-17-4-3-9-21-14-17;3*3-2(4,5)1(6)7/h1-6,9,14,24H,7-8,10-13,15-16H2;3*(H,6,7). The lowest BCUT2D eigenvalue weighted by atomic mass is 9.74. The molecule has 0 atom stereocenters. The number of β-amino-alcohol motifs (C(OH)–C–C–N with tert-alkyl or cyclic N) is 1. The van der Waals surface area contributed by atoms with Crippen molar-refractivity contribution < 1.29 is 74.3 Å². The van der Waals surface area contributed by atoms with Gasteiger partial charge in [-0.25, -0.2) is 14.4 Å². The Kier molecular flexibility index (Phi) is 14.1. The highest BCUT2D eigenvalue weighted by atomic mass is 19.4. The molecule has 0 saturated carbocycles. The quantitative estimate of drug-likeness (QED) is 0.348. The molecule has 1 saturated heterocycles. The third-order valence-electron chi connectivity index (χ3n) is 6.35. The third-order valence-corrected chi connectivity index (χ3v) is 6.35. The van der Waals surface area contributed by atoms with Gasteiger partial charge in [-0.05, 0) is 49.2 Å². The molecule has 0 bridgehead atoms. The van der Waals surface area contributed by atoms with Gasteiger partial charge in [0.05, 0.1) is 6.61 Å². The number of aromatic nitrogens is 1. The van der Waals surface area contributed by atoms with Gasteiger partial charge in [0, 0.05) is 43.1 Å². The van der Waals surface area contributed by atoms with Crippen LogP contribution in [0.3, 0.4) is 0 Å². The molecule has 1 aromatic heterocycles. The van der Waals surface area contributed by atoms with Crippen molar-refractivity contribution in [3.8, 4) is 0 Å². The summed E-state index contributed by atoms with van der Waals surface area (Å²) in [5, 5.41) is 30.8. The Morgan fingerprint density at radius 1 is 0.778 bits per heavy atom. The number of nitrogens with zero attached hydrogens (tertiary/aromatic N) is 3. The fourth-order valence-electron chi connectivity index (χ4n) is 4.37. The number of likely N-dealkylation sites (tertiary alicyclic amines) is 1. The van der Waals surface area contributed by atoms with Gasteiger partial charge in [-0.15, -0.1) is 0 Å². The summed E-state index contributed by atoms with van der Waals surface area (Å²) >= 11 is 0. The lowest BCUT2D eigenvalue weighted by Gasteiger charge is -2.40. The van der Waals surface area contributed by atoms with E-state index in [2.05, 4.69) is 45.1 Å². The van der Waals surface area contributed by atoms with Gasteiger partial charge in [0.25, 0.3) is 0 Å². The Hall–Kier alpha value is -4.13. The van der Waals surface area contributed by atoms with Crippen LogP contribution in [-0.4, -0.2) is 99.5 Å². The van der Waals surface area contributed by atoms with E-state index in [9.17, 15) is 44.6 Å². The van der Waals surface area contributed by atoms with Crippen LogP contribution in [0.1, 0.15) is 24.0 Å². The average molecular weight is 666 g/mol. The molecule has 4 N–H and O–H groups in total. The van der Waals surface area contributed by atoms with Crippen LogP contribution < -0.4 is 4.90 Å². The number of anilines is 1. The molecular weight excluding hydrogens is 637 g/mol. The van der Waals surface area contributed by atoms with Crippen molar-refractivity contribution in [2.45, 2.75) is 43.3 Å². The molecule has 10 nitrogen and oxygen atoms in total. The molecule has 4 rings (SSSR count). The number of pyridine rings is 1. The molecule has 1 fully saturated rings. The zero-order chi connectivity index (χ0) is 34.6. The maximum atomic E-state index is 10.6. The maximum absolute atomic E-state index is 10.6. The van der Waals surface area contributed by atoms with Gasteiger partial charge in [-0.1, -0.05) is 24.3 Å². The summed E-state index contributed by atoms with van der Waals surface area (Å²) in [6.07, 6.45) is -9.07. The van der Waals surface area contributed by atoms with E-state index in [0.29, 0.717) is 0 Å². The first-order valence-electron chi connectivity index (χ1n) is 12.6. The van der Waals surface area contributed by atoms with E-state index in [-0.39, 0.29) is 12.0 Å². The van der Waals surface area contributed by atoms with Gasteiger partial charge in [0.1, 0.15) is 0 Å². The molecular formula is C26H28F9N3O7. The minimum absolute atomic E-state index is 0.220. The number of aliphatic hydroxyl groups excluding tert-OH is 1. The monoisotopic (exact) mass is 665 g/mol. The molecule has 1 aromatic carbocycles. The second kappa shape index (κ2) is 16.3. The number of halogens is 9. The van der Waals surface area contributed by atoms with Crippen molar-refractivity contribution in [1.29, 1.82) is 0 Å². The van der Waals surface area contributed by atoms with Crippen molar-refractivity contribution in [2.24, 2.45) is 0 Å². The summed E-state index contributed by atoms with van der Waals surface area (Å²) in [4.78, 5) is 35.8. The lowest BCUT2D eigenvalue weighted by molar-refractivity contribution is -0.193. The Labute approximate surface area is 249 Å². The van der Waals surface area contributed by atoms with Gasteiger partial charge < -0.3 is 25.3 Å². The highest BCUT2D eigenvalue weighted by Gasteiger charge is 2.44. The molecule has 0 amide bonds. The molecule has 3 heterocycles. The first kappa shape index (κ1) is 38.9. The molecule has 252 valence electrons. The number of para-hydroxylation sites is 1. The normalized spacial score (nSPS) is 15.7.